The number of hydrogen-bond acceptors (Lipinski definition) is 15. The summed E-state index contributed by atoms with van der Waals surface area (Å²) in [7, 11) is 0. The fourth-order valence-electron chi connectivity index (χ4n) is 6.90. The normalized spacial score (nSPS) is 12.7. The molecule has 414 valence electrons. The van der Waals surface area contributed by atoms with Gasteiger partial charge in [-0.1, -0.05) is 51.9 Å². The van der Waals surface area contributed by atoms with Gasteiger partial charge in [0.15, 0.2) is 5.78 Å². The quantitative estimate of drug-likeness (QED) is 0.0405. The van der Waals surface area contributed by atoms with Crippen molar-refractivity contribution < 1.29 is 93.5 Å². The Morgan fingerprint density at radius 2 is 0.944 bits per heavy atom. The SMILES string of the molecule is CC(=O)[C@@H](C)CCCCNC(=O)CC[C@H](NC(=O)CC[C@H](CC(=O)COCCOCCNC(=O)COCCOCCCC(=O)CC[C@H](NC(=O)CCCCCCCCCCC(=O)O)C(=O)O)C(=O)O)C(=O)O.[HH]. The number of amides is 4. The second kappa shape index (κ2) is 43.2. The monoisotopic (exact) mass is 1030 g/mol. The van der Waals surface area contributed by atoms with Gasteiger partial charge in [-0.3, -0.25) is 43.2 Å². The van der Waals surface area contributed by atoms with Gasteiger partial charge >= 0.3 is 23.9 Å². The molecule has 0 bridgehead atoms. The molecular weight excluding hydrogens is 949 g/mol. The van der Waals surface area contributed by atoms with Crippen LogP contribution in [0.2, 0.25) is 0 Å². The lowest BCUT2D eigenvalue weighted by Crippen LogP contribution is -2.42. The molecular formula is C49H84N4O19. The number of carbonyl (C=O) groups is 11. The highest BCUT2D eigenvalue weighted by Crippen LogP contribution is 2.15. The van der Waals surface area contributed by atoms with E-state index in [-0.39, 0.29) is 135 Å². The van der Waals surface area contributed by atoms with E-state index in [1.165, 1.54) is 6.92 Å². The van der Waals surface area contributed by atoms with Gasteiger partial charge in [0.2, 0.25) is 23.6 Å². The lowest BCUT2D eigenvalue weighted by atomic mass is 9.97. The van der Waals surface area contributed by atoms with E-state index in [9.17, 15) is 68.1 Å². The predicted octanol–water partition coefficient (Wildman–Crippen LogP) is 3.40. The number of carboxylic acids is 4. The van der Waals surface area contributed by atoms with Crippen LogP contribution in [0.3, 0.4) is 0 Å². The molecule has 8 N–H and O–H groups in total. The second-order valence-corrected chi connectivity index (χ2v) is 17.7. The van der Waals surface area contributed by atoms with Crippen LogP contribution in [0.5, 0.6) is 0 Å². The number of carbonyl (C=O) groups excluding carboxylic acids is 7. The second-order valence-electron chi connectivity index (χ2n) is 17.7. The third-order valence-electron chi connectivity index (χ3n) is 11.4. The van der Waals surface area contributed by atoms with Crippen LogP contribution in [0.15, 0.2) is 0 Å². The zero-order valence-electron chi connectivity index (χ0n) is 42.3. The highest BCUT2D eigenvalue weighted by molar-refractivity contribution is 5.87. The molecule has 0 heterocycles. The van der Waals surface area contributed by atoms with Gasteiger partial charge in [-0.15, -0.1) is 0 Å². The first-order valence-electron chi connectivity index (χ1n) is 25.2. The Morgan fingerprint density at radius 3 is 1.53 bits per heavy atom. The summed E-state index contributed by atoms with van der Waals surface area (Å²) in [5, 5.41) is 47.3. The summed E-state index contributed by atoms with van der Waals surface area (Å²) in [6, 6.07) is -2.53. The Hall–Kier alpha value is -5.39. The summed E-state index contributed by atoms with van der Waals surface area (Å²) >= 11 is 0. The van der Waals surface area contributed by atoms with E-state index in [2.05, 4.69) is 21.3 Å². The van der Waals surface area contributed by atoms with E-state index >= 15 is 0 Å². The molecule has 72 heavy (non-hydrogen) atoms. The number of unbranched alkanes of at least 4 members (excludes halogenated alkanes) is 8. The van der Waals surface area contributed by atoms with Crippen molar-refractivity contribution in [2.24, 2.45) is 11.8 Å². The number of carboxylic acid groups (broad SMARTS) is 4. The Morgan fingerprint density at radius 1 is 0.431 bits per heavy atom. The minimum Gasteiger partial charge on any atom is -0.481 e. The number of Topliss-reactive ketones (excluding diaryl/α,β-unsaturated/α-hetero) is 3. The Balaban J connectivity index is 0. The van der Waals surface area contributed by atoms with Gasteiger partial charge in [0.1, 0.15) is 36.9 Å². The van der Waals surface area contributed by atoms with Crippen molar-refractivity contribution in [3.63, 3.8) is 0 Å². The molecule has 23 nitrogen and oxygen atoms in total. The third-order valence-corrected chi connectivity index (χ3v) is 11.4. The van der Waals surface area contributed by atoms with Gasteiger partial charge in [-0.25, -0.2) is 9.59 Å². The molecule has 0 aromatic rings. The fraction of sp³-hybridized carbons (Fsp3) is 0.776. The molecule has 0 fully saturated rings. The van der Waals surface area contributed by atoms with E-state index in [0.29, 0.717) is 38.6 Å². The van der Waals surface area contributed by atoms with Crippen LogP contribution in [0.1, 0.15) is 157 Å². The first kappa shape index (κ1) is 66.6. The van der Waals surface area contributed by atoms with Crippen molar-refractivity contribution in [1.29, 1.82) is 0 Å². The smallest absolute Gasteiger partial charge is 0.326 e. The summed E-state index contributed by atoms with van der Waals surface area (Å²) in [6.07, 6.45) is 8.57. The molecule has 0 saturated heterocycles. The van der Waals surface area contributed by atoms with Crippen molar-refractivity contribution >= 4 is 64.9 Å². The number of nitrogens with one attached hydrogen (secondary N) is 4. The molecule has 0 aliphatic heterocycles. The minimum atomic E-state index is -1.37. The Kier molecular flexibility index (Phi) is 40.0. The number of ketones is 3. The molecule has 0 aliphatic rings. The number of hydrogen-bond donors (Lipinski definition) is 8. The van der Waals surface area contributed by atoms with Crippen LogP contribution < -0.4 is 21.3 Å². The van der Waals surface area contributed by atoms with Crippen LogP contribution >= 0.6 is 0 Å². The Bertz CT molecular complexity index is 1670. The van der Waals surface area contributed by atoms with Crippen molar-refractivity contribution in [3.8, 4) is 0 Å². The van der Waals surface area contributed by atoms with Crippen molar-refractivity contribution in [2.45, 2.75) is 167 Å². The van der Waals surface area contributed by atoms with E-state index in [1.807, 2.05) is 6.92 Å². The fourth-order valence-corrected chi connectivity index (χ4v) is 6.90. The molecule has 0 aliphatic carbocycles. The van der Waals surface area contributed by atoms with Crippen LogP contribution in [-0.4, -0.2) is 163 Å². The molecule has 0 aromatic carbocycles. The molecule has 23 heteroatoms. The van der Waals surface area contributed by atoms with E-state index < -0.39 is 78.4 Å². The minimum absolute atomic E-state index is 0. The molecule has 0 saturated carbocycles. The maximum absolute atomic E-state index is 12.5. The van der Waals surface area contributed by atoms with Crippen molar-refractivity contribution in [1.82, 2.24) is 21.3 Å². The van der Waals surface area contributed by atoms with Gasteiger partial charge < -0.3 is 60.6 Å². The summed E-state index contributed by atoms with van der Waals surface area (Å²) in [5.41, 5.74) is 0. The summed E-state index contributed by atoms with van der Waals surface area (Å²) in [6.45, 7) is 3.99. The molecule has 0 rings (SSSR count). The van der Waals surface area contributed by atoms with Crippen LogP contribution in [0.4, 0.5) is 0 Å². The predicted molar refractivity (Wildman–Crippen MR) is 261 cm³/mol. The van der Waals surface area contributed by atoms with Crippen molar-refractivity contribution in [2.75, 3.05) is 65.9 Å². The number of rotatable bonds is 50. The maximum Gasteiger partial charge on any atom is 0.326 e. The van der Waals surface area contributed by atoms with E-state index in [0.717, 1.165) is 44.9 Å². The van der Waals surface area contributed by atoms with E-state index in [4.69, 9.17) is 24.1 Å². The molecule has 0 unspecified atom stereocenters. The van der Waals surface area contributed by atoms with Crippen molar-refractivity contribution in [3.05, 3.63) is 0 Å². The molecule has 4 atom stereocenters. The summed E-state index contributed by atoms with van der Waals surface area (Å²) < 4.78 is 21.3. The van der Waals surface area contributed by atoms with Gasteiger partial charge in [-0.2, -0.15) is 0 Å². The maximum atomic E-state index is 12.5. The topological polar surface area (TPSA) is 354 Å². The first-order chi connectivity index (χ1) is 34.3. The van der Waals surface area contributed by atoms with E-state index in [1.54, 1.807) is 0 Å². The van der Waals surface area contributed by atoms with Gasteiger partial charge in [0.05, 0.1) is 39.0 Å². The first-order valence-corrected chi connectivity index (χ1v) is 25.2. The molecule has 4 amide bonds. The standard InChI is InChI=1S/C49H82N4O19.H2/c1-35(36(2)54)14-11-12-24-50-42(57)23-21-41(49(67)68)53-44(59)22-18-37(47(63)64)32-39(56)33-71-30-29-70-27-25-51-45(60)34-72-31-28-69-26-13-15-38(55)19-20-40(48(65)66)52-43(58)16-9-7-5-3-4-6-8-10-17-46(61)62;/h35,37,40-41H,3-34H2,1-2H3,(H,50,57)(H,51,60)(H,52,58)(H,53,59)(H,61,62)(H,63,64)(H,65,66)(H,67,68);1H/t35-,37+,40-,41-;/m0./s1. The van der Waals surface area contributed by atoms with Crippen LogP contribution in [-0.2, 0) is 71.7 Å². The van der Waals surface area contributed by atoms with Gasteiger partial charge in [0.25, 0.3) is 0 Å². The highest BCUT2D eigenvalue weighted by atomic mass is 16.5. The summed E-state index contributed by atoms with van der Waals surface area (Å²) in [5.74, 6) is -8.44. The van der Waals surface area contributed by atoms with Gasteiger partial charge in [0, 0.05) is 72.0 Å². The average molecular weight is 1030 g/mol. The molecule has 0 radical (unpaired) electrons. The van der Waals surface area contributed by atoms with Crippen LogP contribution in [0, 0.1) is 11.8 Å². The lowest BCUT2D eigenvalue weighted by molar-refractivity contribution is -0.145. The zero-order chi connectivity index (χ0) is 53.9. The zero-order valence-corrected chi connectivity index (χ0v) is 42.3. The Labute approximate surface area is 423 Å². The summed E-state index contributed by atoms with van der Waals surface area (Å²) in [4.78, 5) is 130. The number of ether oxygens (including phenoxy) is 4. The van der Waals surface area contributed by atoms with Gasteiger partial charge in [-0.05, 0) is 58.3 Å². The molecule has 0 spiro atoms. The third kappa shape index (κ3) is 40.2. The lowest BCUT2D eigenvalue weighted by Gasteiger charge is -2.16. The largest absolute Gasteiger partial charge is 0.481 e. The average Bonchev–Trinajstić information content (AvgIpc) is 3.31. The number of aliphatic carboxylic acids is 4. The van der Waals surface area contributed by atoms with Crippen LogP contribution in [0.25, 0.3) is 0 Å². The highest BCUT2D eigenvalue weighted by Gasteiger charge is 2.26. The molecule has 0 aromatic heterocycles.